The number of hydrogen-bond acceptors (Lipinski definition) is 3. The highest BCUT2D eigenvalue weighted by atomic mass is 16.5. The zero-order valence-electron chi connectivity index (χ0n) is 13.2. The van der Waals surface area contributed by atoms with Gasteiger partial charge in [0.05, 0.1) is 0 Å². The van der Waals surface area contributed by atoms with Gasteiger partial charge in [-0.2, -0.15) is 0 Å². The summed E-state index contributed by atoms with van der Waals surface area (Å²) in [5.41, 5.74) is 1.84. The summed E-state index contributed by atoms with van der Waals surface area (Å²) in [4.78, 5) is 26.4. The molecule has 3 N–H and O–H groups in total. The Bertz CT molecular complexity index is 665. The molecule has 2 aromatic rings. The van der Waals surface area contributed by atoms with Crippen LogP contribution in [0.3, 0.4) is 0 Å². The number of benzene rings is 1. The maximum absolute atomic E-state index is 11.9. The van der Waals surface area contributed by atoms with Crippen LogP contribution in [0, 0.1) is 0 Å². The average molecular weight is 318 g/mol. The first-order valence-corrected chi connectivity index (χ1v) is 7.68. The van der Waals surface area contributed by atoms with Crippen LogP contribution in [0.4, 0.5) is 0 Å². The fourth-order valence-corrected chi connectivity index (χ4v) is 2.52. The summed E-state index contributed by atoms with van der Waals surface area (Å²) in [6, 6.07) is 6.77. The Kier molecular flexibility index (Phi) is 6.17. The molecule has 0 aliphatic rings. The molecule has 0 saturated carbocycles. The molecule has 6 nitrogen and oxygen atoms in total. The summed E-state index contributed by atoms with van der Waals surface area (Å²) >= 11 is 0. The fraction of sp³-hybridized carbons (Fsp3) is 0.412. The lowest BCUT2D eigenvalue weighted by Gasteiger charge is -2.14. The van der Waals surface area contributed by atoms with Gasteiger partial charge in [-0.3, -0.25) is 4.79 Å². The third-order valence-electron chi connectivity index (χ3n) is 3.73. The Labute approximate surface area is 134 Å². The molecule has 124 valence electrons. The number of nitrogens with one attached hydrogen (secondary N) is 2. The second-order valence-electron chi connectivity index (χ2n) is 5.47. The van der Waals surface area contributed by atoms with Gasteiger partial charge < -0.3 is 20.1 Å². The van der Waals surface area contributed by atoms with Crippen molar-refractivity contribution in [2.45, 2.75) is 31.7 Å². The van der Waals surface area contributed by atoms with Crippen LogP contribution in [0.25, 0.3) is 10.9 Å². The van der Waals surface area contributed by atoms with Crippen molar-refractivity contribution >= 4 is 22.8 Å². The number of aromatic nitrogens is 1. The van der Waals surface area contributed by atoms with Crippen LogP contribution < -0.4 is 5.32 Å². The first kappa shape index (κ1) is 17.0. The molecule has 0 fully saturated rings. The number of amides is 1. The Morgan fingerprint density at radius 1 is 1.30 bits per heavy atom. The van der Waals surface area contributed by atoms with Gasteiger partial charge in [-0.05, 0) is 24.5 Å². The van der Waals surface area contributed by atoms with Gasteiger partial charge >= 0.3 is 5.97 Å². The fourth-order valence-electron chi connectivity index (χ4n) is 2.52. The van der Waals surface area contributed by atoms with Gasteiger partial charge in [0.1, 0.15) is 6.04 Å². The van der Waals surface area contributed by atoms with Crippen molar-refractivity contribution in [1.29, 1.82) is 0 Å². The number of carbonyl (C=O) groups is 2. The summed E-state index contributed by atoms with van der Waals surface area (Å²) in [5.74, 6) is -1.27. The van der Waals surface area contributed by atoms with Gasteiger partial charge in [-0.15, -0.1) is 0 Å². The lowest BCUT2D eigenvalue weighted by atomic mass is 10.0. The summed E-state index contributed by atoms with van der Waals surface area (Å²) in [7, 11) is 1.61. The topological polar surface area (TPSA) is 91.4 Å². The van der Waals surface area contributed by atoms with Crippen LogP contribution in [-0.4, -0.2) is 41.7 Å². The maximum Gasteiger partial charge on any atom is 0.326 e. The van der Waals surface area contributed by atoms with E-state index >= 15 is 0 Å². The first-order valence-electron chi connectivity index (χ1n) is 7.68. The molecule has 1 unspecified atom stereocenters. The molecule has 6 heteroatoms. The van der Waals surface area contributed by atoms with Crippen LogP contribution in [0.2, 0.25) is 0 Å². The van der Waals surface area contributed by atoms with E-state index in [0.717, 1.165) is 22.9 Å². The number of hydrogen-bond donors (Lipinski definition) is 3. The monoisotopic (exact) mass is 318 g/mol. The minimum absolute atomic E-state index is 0.242. The summed E-state index contributed by atoms with van der Waals surface area (Å²) < 4.78 is 4.92. The van der Waals surface area contributed by atoms with E-state index in [1.165, 1.54) is 0 Å². The zero-order valence-corrected chi connectivity index (χ0v) is 13.2. The van der Waals surface area contributed by atoms with Gasteiger partial charge in [0.2, 0.25) is 5.91 Å². The van der Waals surface area contributed by atoms with Crippen molar-refractivity contribution < 1.29 is 19.4 Å². The Balaban J connectivity index is 1.96. The lowest BCUT2D eigenvalue weighted by molar-refractivity contribution is -0.141. The molecule has 1 heterocycles. The number of fused-ring (bicyclic) bond motifs is 1. The van der Waals surface area contributed by atoms with Gasteiger partial charge in [0, 0.05) is 43.7 Å². The zero-order chi connectivity index (χ0) is 16.7. The Hall–Kier alpha value is -2.34. The van der Waals surface area contributed by atoms with Crippen LogP contribution in [-0.2, 0) is 20.7 Å². The predicted molar refractivity (Wildman–Crippen MR) is 87.3 cm³/mol. The smallest absolute Gasteiger partial charge is 0.326 e. The molecular formula is C17H22N2O4. The SMILES string of the molecule is COCCCCC(=O)NC(Cc1c[nH]c2ccccc12)C(=O)O. The third kappa shape index (κ3) is 4.82. The van der Waals surface area contributed by atoms with E-state index in [4.69, 9.17) is 4.74 Å². The molecule has 23 heavy (non-hydrogen) atoms. The summed E-state index contributed by atoms with van der Waals surface area (Å²) in [6.45, 7) is 0.602. The van der Waals surface area contributed by atoms with Gasteiger partial charge in [-0.1, -0.05) is 18.2 Å². The van der Waals surface area contributed by atoms with E-state index in [2.05, 4.69) is 10.3 Å². The second-order valence-corrected chi connectivity index (χ2v) is 5.47. The predicted octanol–water partition coefficient (Wildman–Crippen LogP) is 2.10. The maximum atomic E-state index is 11.9. The minimum atomic E-state index is -1.03. The van der Waals surface area contributed by atoms with Crippen LogP contribution in [0.5, 0.6) is 0 Å². The van der Waals surface area contributed by atoms with Gasteiger partial charge in [-0.25, -0.2) is 4.79 Å². The Morgan fingerprint density at radius 3 is 2.83 bits per heavy atom. The quantitative estimate of drug-likeness (QED) is 0.617. The lowest BCUT2D eigenvalue weighted by Crippen LogP contribution is -2.42. The Morgan fingerprint density at radius 2 is 2.09 bits per heavy atom. The average Bonchev–Trinajstić information content (AvgIpc) is 2.94. The van der Waals surface area contributed by atoms with E-state index in [1.807, 2.05) is 24.3 Å². The summed E-state index contributed by atoms with van der Waals surface area (Å²) in [6.07, 6.45) is 3.82. The number of aromatic amines is 1. The van der Waals surface area contributed by atoms with Crippen molar-refractivity contribution in [3.8, 4) is 0 Å². The molecular weight excluding hydrogens is 296 g/mol. The number of carboxylic acids is 1. The number of unbranched alkanes of at least 4 members (excludes halogenated alkanes) is 1. The third-order valence-corrected chi connectivity index (χ3v) is 3.73. The molecule has 0 saturated heterocycles. The number of aliphatic carboxylic acids is 1. The molecule has 1 aromatic heterocycles. The number of para-hydroxylation sites is 1. The van der Waals surface area contributed by atoms with Gasteiger partial charge in [0.25, 0.3) is 0 Å². The highest BCUT2D eigenvalue weighted by molar-refractivity contribution is 5.86. The van der Waals surface area contributed by atoms with Crippen molar-refractivity contribution in [2.24, 2.45) is 0 Å². The molecule has 0 bridgehead atoms. The van der Waals surface area contributed by atoms with E-state index in [0.29, 0.717) is 19.4 Å². The minimum Gasteiger partial charge on any atom is -0.480 e. The van der Waals surface area contributed by atoms with E-state index in [-0.39, 0.29) is 12.3 Å². The molecule has 0 spiro atoms. The number of carbonyl (C=O) groups excluding carboxylic acids is 1. The highest BCUT2D eigenvalue weighted by Crippen LogP contribution is 2.19. The number of ether oxygens (including phenoxy) is 1. The standard InChI is InChI=1S/C17H22N2O4/c1-23-9-5-4-8-16(20)19-15(17(21)22)10-12-11-18-14-7-3-2-6-13(12)14/h2-3,6-7,11,15,18H,4-5,8-10H2,1H3,(H,19,20)(H,21,22). The molecule has 1 aromatic carbocycles. The van der Waals surface area contributed by atoms with Crippen molar-refractivity contribution in [3.63, 3.8) is 0 Å². The van der Waals surface area contributed by atoms with E-state index < -0.39 is 12.0 Å². The molecule has 2 rings (SSSR count). The van der Waals surface area contributed by atoms with E-state index in [1.54, 1.807) is 13.3 Å². The molecule has 1 atom stereocenters. The highest BCUT2D eigenvalue weighted by Gasteiger charge is 2.21. The number of carboxylic acid groups (broad SMARTS) is 1. The second kappa shape index (κ2) is 8.33. The molecule has 1 amide bonds. The number of H-pyrrole nitrogens is 1. The van der Waals surface area contributed by atoms with E-state index in [9.17, 15) is 14.7 Å². The van der Waals surface area contributed by atoms with Crippen molar-refractivity contribution in [3.05, 3.63) is 36.0 Å². The van der Waals surface area contributed by atoms with Crippen molar-refractivity contribution in [1.82, 2.24) is 10.3 Å². The number of methoxy groups -OCH3 is 1. The van der Waals surface area contributed by atoms with Crippen LogP contribution in [0.15, 0.2) is 30.5 Å². The number of rotatable bonds is 9. The normalized spacial score (nSPS) is 12.2. The molecule has 0 radical (unpaired) electrons. The molecule has 0 aliphatic carbocycles. The first-order chi connectivity index (χ1) is 11.1. The molecule has 0 aliphatic heterocycles. The van der Waals surface area contributed by atoms with Crippen LogP contribution >= 0.6 is 0 Å². The van der Waals surface area contributed by atoms with Crippen LogP contribution in [0.1, 0.15) is 24.8 Å². The largest absolute Gasteiger partial charge is 0.480 e. The van der Waals surface area contributed by atoms with Gasteiger partial charge in [0.15, 0.2) is 0 Å². The summed E-state index contributed by atoms with van der Waals surface area (Å²) in [5, 5.41) is 12.9. The van der Waals surface area contributed by atoms with Crippen molar-refractivity contribution in [2.75, 3.05) is 13.7 Å².